The molecule has 0 N–H and O–H groups in total. The second kappa shape index (κ2) is 12.4. The highest BCUT2D eigenvalue weighted by atomic mass is 16.5. The van der Waals surface area contributed by atoms with Crippen LogP contribution in [0.25, 0.3) is 11.0 Å². The summed E-state index contributed by atoms with van der Waals surface area (Å²) in [5.41, 5.74) is 2.07. The first-order chi connectivity index (χ1) is 18.6. The van der Waals surface area contributed by atoms with E-state index in [9.17, 15) is 9.59 Å². The number of ether oxygens (including phenoxy) is 2. The van der Waals surface area contributed by atoms with Crippen molar-refractivity contribution in [3.63, 3.8) is 0 Å². The van der Waals surface area contributed by atoms with Gasteiger partial charge in [-0.25, -0.2) is 0 Å². The molecule has 0 unspecified atom stereocenters. The fourth-order valence-electron chi connectivity index (χ4n) is 5.25. The van der Waals surface area contributed by atoms with Gasteiger partial charge in [0.25, 0.3) is 5.91 Å². The number of hydrogen-bond acceptors (Lipinski definition) is 6. The summed E-state index contributed by atoms with van der Waals surface area (Å²) in [5, 5.41) is 8.86. The minimum absolute atomic E-state index is 0.0181. The lowest BCUT2D eigenvalue weighted by molar-refractivity contribution is -0.131. The molecule has 0 aliphatic carbocycles. The van der Waals surface area contributed by atoms with Gasteiger partial charge < -0.3 is 19.3 Å². The molecule has 202 valence electrons. The van der Waals surface area contributed by atoms with E-state index in [1.54, 1.807) is 4.90 Å². The number of aromatic nitrogens is 3. The Bertz CT molecular complexity index is 1210. The predicted octanol–water partition coefficient (Wildman–Crippen LogP) is 3.92. The summed E-state index contributed by atoms with van der Waals surface area (Å²) in [7, 11) is 0. The Morgan fingerprint density at radius 1 is 0.895 bits per heavy atom. The SMILES string of the molecule is CCN1CCCCCCCCO[C@@H]2CN(C(=O)Cn3nc4ccccc4n3)C[C@H]2Oc2ccccc2C1=O. The van der Waals surface area contributed by atoms with Crippen LogP contribution in [0.2, 0.25) is 0 Å². The lowest BCUT2D eigenvalue weighted by atomic mass is 10.1. The summed E-state index contributed by atoms with van der Waals surface area (Å²) < 4.78 is 12.7. The van der Waals surface area contributed by atoms with Crippen molar-refractivity contribution in [1.29, 1.82) is 0 Å². The summed E-state index contributed by atoms with van der Waals surface area (Å²) in [6.07, 6.45) is 5.88. The van der Waals surface area contributed by atoms with E-state index in [4.69, 9.17) is 9.47 Å². The Morgan fingerprint density at radius 3 is 2.32 bits per heavy atom. The smallest absolute Gasteiger partial charge is 0.257 e. The molecule has 3 aromatic rings. The van der Waals surface area contributed by atoms with Crippen LogP contribution in [0.4, 0.5) is 0 Å². The normalized spacial score (nSPS) is 21.7. The van der Waals surface area contributed by atoms with Crippen LogP contribution in [0.1, 0.15) is 55.8 Å². The molecule has 1 aromatic heterocycles. The van der Waals surface area contributed by atoms with E-state index in [1.165, 1.54) is 4.80 Å². The third kappa shape index (κ3) is 6.15. The van der Waals surface area contributed by atoms with Crippen molar-refractivity contribution in [2.24, 2.45) is 0 Å². The molecular weight excluding hydrogens is 482 g/mol. The van der Waals surface area contributed by atoms with Gasteiger partial charge in [0.15, 0.2) is 0 Å². The molecule has 9 heteroatoms. The van der Waals surface area contributed by atoms with Crippen LogP contribution in [0.3, 0.4) is 0 Å². The Balaban J connectivity index is 1.34. The van der Waals surface area contributed by atoms with Gasteiger partial charge in [-0.15, -0.1) is 0 Å². The summed E-state index contributed by atoms with van der Waals surface area (Å²) in [6.45, 7) is 4.91. The van der Waals surface area contributed by atoms with Crippen molar-refractivity contribution < 1.29 is 19.1 Å². The lowest BCUT2D eigenvalue weighted by Crippen LogP contribution is -2.35. The highest BCUT2D eigenvalue weighted by Gasteiger charge is 2.38. The van der Waals surface area contributed by atoms with Crippen molar-refractivity contribution in [3.8, 4) is 5.75 Å². The number of rotatable bonds is 3. The van der Waals surface area contributed by atoms with Crippen molar-refractivity contribution >= 4 is 22.8 Å². The van der Waals surface area contributed by atoms with Crippen LogP contribution in [-0.2, 0) is 16.1 Å². The number of carbonyl (C=O) groups is 2. The van der Waals surface area contributed by atoms with Gasteiger partial charge in [0.1, 0.15) is 35.5 Å². The minimum Gasteiger partial charge on any atom is -0.485 e. The molecule has 1 saturated heterocycles. The van der Waals surface area contributed by atoms with E-state index in [2.05, 4.69) is 10.2 Å². The number of amides is 2. The van der Waals surface area contributed by atoms with Gasteiger partial charge >= 0.3 is 0 Å². The topological polar surface area (TPSA) is 89.8 Å². The van der Waals surface area contributed by atoms with Gasteiger partial charge in [-0.05, 0) is 44.0 Å². The summed E-state index contributed by atoms with van der Waals surface area (Å²) in [5.74, 6) is 0.434. The number of para-hydroxylation sites is 1. The van der Waals surface area contributed by atoms with Crippen LogP contribution in [-0.4, -0.2) is 81.6 Å². The minimum atomic E-state index is -0.375. The number of fused-ring (bicyclic) bond motifs is 3. The Hall–Kier alpha value is -3.46. The molecule has 2 amide bonds. The molecule has 38 heavy (non-hydrogen) atoms. The molecule has 2 aromatic carbocycles. The first kappa shape index (κ1) is 26.2. The zero-order chi connectivity index (χ0) is 26.3. The van der Waals surface area contributed by atoms with Gasteiger partial charge in [0.05, 0.1) is 18.7 Å². The van der Waals surface area contributed by atoms with Gasteiger partial charge in [0.2, 0.25) is 5.91 Å². The maximum atomic E-state index is 13.4. The summed E-state index contributed by atoms with van der Waals surface area (Å²) >= 11 is 0. The largest absolute Gasteiger partial charge is 0.485 e. The Kier molecular flexibility index (Phi) is 8.53. The van der Waals surface area contributed by atoms with Gasteiger partial charge in [-0.3, -0.25) is 9.59 Å². The molecule has 2 aliphatic heterocycles. The highest BCUT2D eigenvalue weighted by molar-refractivity contribution is 5.97. The van der Waals surface area contributed by atoms with Crippen LogP contribution in [0, 0.1) is 0 Å². The molecule has 0 saturated carbocycles. The van der Waals surface area contributed by atoms with Gasteiger partial charge in [-0.2, -0.15) is 15.0 Å². The maximum absolute atomic E-state index is 13.4. The molecule has 0 spiro atoms. The average molecular weight is 520 g/mol. The monoisotopic (exact) mass is 519 g/mol. The molecular formula is C29H37N5O4. The standard InChI is InChI=1S/C29H37N5O4/c1-2-32-17-11-5-3-4-6-12-18-37-26-19-33(20-27(26)38-25-16-10-7-13-22(25)29(32)36)28(35)21-34-30-23-14-8-9-15-24(23)31-34/h7-10,13-16,26-27H,2-6,11-12,17-21H2,1H3/t26-,27-/m1/s1. The third-order valence-electron chi connectivity index (χ3n) is 7.39. The number of benzene rings is 2. The number of likely N-dealkylation sites (tertiary alicyclic amines) is 1. The first-order valence-corrected chi connectivity index (χ1v) is 13.9. The Morgan fingerprint density at radius 2 is 1.55 bits per heavy atom. The van der Waals surface area contributed by atoms with Crippen molar-refractivity contribution in [1.82, 2.24) is 24.8 Å². The molecule has 9 nitrogen and oxygen atoms in total. The number of carbonyl (C=O) groups excluding carboxylic acids is 2. The fourth-order valence-corrected chi connectivity index (χ4v) is 5.25. The van der Waals surface area contributed by atoms with Gasteiger partial charge in [-0.1, -0.05) is 49.9 Å². The van der Waals surface area contributed by atoms with Crippen LogP contribution in [0.5, 0.6) is 5.75 Å². The Labute approximate surface area is 223 Å². The second-order valence-corrected chi connectivity index (χ2v) is 10.1. The van der Waals surface area contributed by atoms with Crippen molar-refractivity contribution in [3.05, 3.63) is 54.1 Å². The van der Waals surface area contributed by atoms with E-state index in [1.807, 2.05) is 60.4 Å². The zero-order valence-electron chi connectivity index (χ0n) is 22.1. The van der Waals surface area contributed by atoms with E-state index in [0.29, 0.717) is 37.6 Å². The molecule has 2 atom stereocenters. The van der Waals surface area contributed by atoms with Crippen molar-refractivity contribution in [2.45, 2.75) is 64.2 Å². The van der Waals surface area contributed by atoms with E-state index < -0.39 is 0 Å². The lowest BCUT2D eigenvalue weighted by Gasteiger charge is -2.25. The van der Waals surface area contributed by atoms with Crippen LogP contribution < -0.4 is 4.74 Å². The highest BCUT2D eigenvalue weighted by Crippen LogP contribution is 2.26. The van der Waals surface area contributed by atoms with E-state index in [0.717, 1.165) is 56.1 Å². The van der Waals surface area contributed by atoms with Crippen LogP contribution in [0.15, 0.2) is 48.5 Å². The van der Waals surface area contributed by atoms with Crippen LogP contribution >= 0.6 is 0 Å². The maximum Gasteiger partial charge on any atom is 0.257 e. The molecule has 2 aliphatic rings. The summed E-state index contributed by atoms with van der Waals surface area (Å²) in [4.78, 5) is 31.8. The van der Waals surface area contributed by atoms with Gasteiger partial charge in [0, 0.05) is 19.7 Å². The fraction of sp³-hybridized carbons (Fsp3) is 0.517. The molecule has 1 fully saturated rings. The first-order valence-electron chi connectivity index (χ1n) is 13.9. The third-order valence-corrected chi connectivity index (χ3v) is 7.39. The summed E-state index contributed by atoms with van der Waals surface area (Å²) in [6, 6.07) is 15.0. The number of nitrogens with zero attached hydrogens (tertiary/aromatic N) is 5. The molecule has 0 radical (unpaired) electrons. The predicted molar refractivity (Wildman–Crippen MR) is 144 cm³/mol. The average Bonchev–Trinajstić information content (AvgIpc) is 3.52. The zero-order valence-corrected chi connectivity index (χ0v) is 22.1. The number of hydrogen-bond donors (Lipinski definition) is 0. The molecule has 3 heterocycles. The van der Waals surface area contributed by atoms with Crippen molar-refractivity contribution in [2.75, 3.05) is 32.8 Å². The molecule has 0 bridgehead atoms. The molecule has 5 rings (SSSR count). The second-order valence-electron chi connectivity index (χ2n) is 10.1. The van der Waals surface area contributed by atoms with E-state index >= 15 is 0 Å². The van der Waals surface area contributed by atoms with E-state index in [-0.39, 0.29) is 30.6 Å². The quantitative estimate of drug-likeness (QED) is 0.521.